The maximum atomic E-state index is 11.6. The molecule has 1 heterocycles. The smallest absolute Gasteiger partial charge is 0.306 e. The Morgan fingerprint density at radius 1 is 1.37 bits per heavy atom. The molecule has 0 saturated heterocycles. The number of nitrogens with one attached hydrogen (secondary N) is 1. The highest BCUT2D eigenvalue weighted by Crippen LogP contribution is 2.15. The van der Waals surface area contributed by atoms with Crippen LogP contribution in [0, 0.1) is 0 Å². The number of aliphatic hydroxyl groups is 1. The van der Waals surface area contributed by atoms with E-state index < -0.39 is 24.2 Å². The summed E-state index contributed by atoms with van der Waals surface area (Å²) in [4.78, 5) is 23.9. The van der Waals surface area contributed by atoms with Gasteiger partial charge in [0.2, 0.25) is 5.91 Å². The Balaban J connectivity index is 2.58. The van der Waals surface area contributed by atoms with Gasteiger partial charge in [0, 0.05) is 0 Å². The summed E-state index contributed by atoms with van der Waals surface area (Å²) in [7, 11) is 3.55. The number of aliphatic carboxylic acids is 1. The number of carboxylic acid groups (broad SMARTS) is 1. The van der Waals surface area contributed by atoms with Gasteiger partial charge in [0.15, 0.2) is 0 Å². The van der Waals surface area contributed by atoms with Crippen molar-refractivity contribution in [1.29, 1.82) is 0 Å². The number of aliphatic hydroxyl groups excluding tert-OH is 1. The first-order valence-electron chi connectivity index (χ1n) is 6.03. The van der Waals surface area contributed by atoms with Crippen LogP contribution in [0.4, 0.5) is 0 Å². The topological polar surface area (TPSA) is 99.1 Å². The number of amides is 1. The second-order valence-electron chi connectivity index (χ2n) is 4.71. The fourth-order valence-electron chi connectivity index (χ4n) is 1.83. The first kappa shape index (κ1) is 15.6. The third-order valence-corrected chi connectivity index (χ3v) is 2.63. The van der Waals surface area contributed by atoms with Gasteiger partial charge in [-0.3, -0.25) is 9.59 Å². The Hall–Kier alpha value is -1.44. The Labute approximate surface area is 111 Å². The minimum absolute atomic E-state index is 0.161. The van der Waals surface area contributed by atoms with Crippen LogP contribution in [0.5, 0.6) is 0 Å². The molecule has 0 fully saturated rings. The second kappa shape index (κ2) is 7.22. The summed E-state index contributed by atoms with van der Waals surface area (Å²) in [6.07, 6.45) is 1.91. The average Bonchev–Trinajstić information content (AvgIpc) is 2.29. The fourth-order valence-corrected chi connectivity index (χ4v) is 1.83. The number of hydrogen-bond acceptors (Lipinski definition) is 5. The van der Waals surface area contributed by atoms with Gasteiger partial charge in [-0.15, -0.1) is 0 Å². The molecule has 0 aromatic carbocycles. The fraction of sp³-hybridized carbons (Fsp3) is 0.667. The molecule has 0 aliphatic carbocycles. The van der Waals surface area contributed by atoms with E-state index in [9.17, 15) is 14.7 Å². The summed E-state index contributed by atoms with van der Waals surface area (Å²) < 4.78 is 5.42. The Morgan fingerprint density at radius 2 is 2.05 bits per heavy atom. The Bertz CT molecular complexity index is 356. The summed E-state index contributed by atoms with van der Waals surface area (Å²) >= 11 is 0. The molecule has 7 nitrogen and oxygen atoms in total. The van der Waals surface area contributed by atoms with E-state index >= 15 is 0 Å². The van der Waals surface area contributed by atoms with E-state index in [2.05, 4.69) is 5.32 Å². The van der Waals surface area contributed by atoms with Gasteiger partial charge in [-0.2, -0.15) is 0 Å². The number of hydrogen-bond donors (Lipinski definition) is 3. The van der Waals surface area contributed by atoms with Crippen molar-refractivity contribution in [1.82, 2.24) is 10.2 Å². The minimum atomic E-state index is -0.971. The quantitative estimate of drug-likeness (QED) is 0.527. The Kier molecular flexibility index (Phi) is 5.94. The zero-order valence-electron chi connectivity index (χ0n) is 11.1. The lowest BCUT2D eigenvalue weighted by Crippen LogP contribution is -2.50. The molecule has 0 unspecified atom stereocenters. The van der Waals surface area contributed by atoms with Gasteiger partial charge < -0.3 is 25.2 Å². The molecule has 3 atom stereocenters. The summed E-state index contributed by atoms with van der Waals surface area (Å²) in [6, 6.07) is -0.442. The highest BCUT2D eigenvalue weighted by atomic mass is 16.5. The van der Waals surface area contributed by atoms with Gasteiger partial charge in [-0.05, 0) is 14.1 Å². The molecule has 19 heavy (non-hydrogen) atoms. The summed E-state index contributed by atoms with van der Waals surface area (Å²) in [5.74, 6) is -1.15. The van der Waals surface area contributed by atoms with Gasteiger partial charge in [0.05, 0.1) is 31.7 Å². The maximum Gasteiger partial charge on any atom is 0.306 e. The summed E-state index contributed by atoms with van der Waals surface area (Å²) in [5.41, 5.74) is 0. The van der Waals surface area contributed by atoms with Gasteiger partial charge in [0.25, 0.3) is 0 Å². The lowest BCUT2D eigenvalue weighted by Gasteiger charge is -2.31. The van der Waals surface area contributed by atoms with E-state index in [-0.39, 0.29) is 25.5 Å². The van der Waals surface area contributed by atoms with Crippen LogP contribution in [0.2, 0.25) is 0 Å². The van der Waals surface area contributed by atoms with Crippen LogP contribution >= 0.6 is 0 Å². The highest BCUT2D eigenvalue weighted by Gasteiger charge is 2.28. The molecule has 7 heteroatoms. The number of carbonyl (C=O) groups is 2. The predicted molar refractivity (Wildman–Crippen MR) is 67.6 cm³/mol. The molecule has 108 valence electrons. The molecule has 1 aliphatic heterocycles. The molecular weight excluding hydrogens is 252 g/mol. The normalized spacial score (nSPS) is 26.4. The van der Waals surface area contributed by atoms with Crippen LogP contribution in [0.15, 0.2) is 12.2 Å². The van der Waals surface area contributed by atoms with Crippen molar-refractivity contribution in [3.63, 3.8) is 0 Å². The first-order valence-corrected chi connectivity index (χ1v) is 6.03. The standard InChI is InChI=1S/C12H20N2O5/c1-14(2)6-11(16)13-9-4-3-8(5-12(17)18)19-10(9)7-15/h3-4,8-10,15H,5-7H2,1-2H3,(H,13,16)(H,17,18)/t8-,9+,10+/m0/s1. The van der Waals surface area contributed by atoms with E-state index in [1.165, 1.54) is 0 Å². The highest BCUT2D eigenvalue weighted by molar-refractivity contribution is 5.78. The molecule has 0 aromatic heterocycles. The average molecular weight is 272 g/mol. The van der Waals surface area contributed by atoms with Gasteiger partial charge in [0.1, 0.15) is 6.10 Å². The largest absolute Gasteiger partial charge is 0.481 e. The molecule has 1 aliphatic rings. The van der Waals surface area contributed by atoms with Crippen molar-refractivity contribution < 1.29 is 24.5 Å². The van der Waals surface area contributed by atoms with Crippen LogP contribution in [0.1, 0.15) is 6.42 Å². The van der Waals surface area contributed by atoms with Crippen molar-refractivity contribution in [3.8, 4) is 0 Å². The van der Waals surface area contributed by atoms with Crippen molar-refractivity contribution >= 4 is 11.9 Å². The zero-order chi connectivity index (χ0) is 14.4. The molecule has 0 aromatic rings. The summed E-state index contributed by atoms with van der Waals surface area (Å²) in [6.45, 7) is -0.0472. The van der Waals surface area contributed by atoms with Crippen LogP contribution in [0.25, 0.3) is 0 Å². The monoisotopic (exact) mass is 272 g/mol. The van der Waals surface area contributed by atoms with Gasteiger partial charge in [-0.25, -0.2) is 0 Å². The second-order valence-corrected chi connectivity index (χ2v) is 4.71. The zero-order valence-corrected chi connectivity index (χ0v) is 11.1. The predicted octanol–water partition coefficient (Wildman–Crippen LogP) is -1.18. The number of rotatable bonds is 6. The molecule has 0 radical (unpaired) electrons. The third kappa shape index (κ3) is 5.37. The van der Waals surface area contributed by atoms with Crippen LogP contribution in [-0.2, 0) is 14.3 Å². The lowest BCUT2D eigenvalue weighted by atomic mass is 10.0. The van der Waals surface area contributed by atoms with Crippen LogP contribution < -0.4 is 5.32 Å². The van der Waals surface area contributed by atoms with Gasteiger partial charge in [-0.1, -0.05) is 12.2 Å². The molecule has 0 saturated carbocycles. The van der Waals surface area contributed by atoms with Crippen LogP contribution in [-0.4, -0.2) is 72.5 Å². The van der Waals surface area contributed by atoms with Crippen molar-refractivity contribution in [2.24, 2.45) is 0 Å². The van der Waals surface area contributed by atoms with Crippen molar-refractivity contribution in [2.75, 3.05) is 27.2 Å². The number of carboxylic acids is 1. The molecule has 0 bridgehead atoms. The van der Waals surface area contributed by atoms with E-state index in [0.717, 1.165) is 0 Å². The van der Waals surface area contributed by atoms with E-state index in [1.54, 1.807) is 31.1 Å². The Morgan fingerprint density at radius 3 is 2.58 bits per heavy atom. The first-order chi connectivity index (χ1) is 8.92. The lowest BCUT2D eigenvalue weighted by molar-refractivity contribution is -0.142. The molecule has 0 spiro atoms. The number of carbonyl (C=O) groups excluding carboxylic acids is 1. The van der Waals surface area contributed by atoms with Crippen LogP contribution in [0.3, 0.4) is 0 Å². The molecular formula is C12H20N2O5. The SMILES string of the molecule is CN(C)CC(=O)N[C@@H]1C=C[C@@H](CC(=O)O)O[C@@H]1CO. The number of likely N-dealkylation sites (N-methyl/N-ethyl adjacent to an activating group) is 1. The molecule has 1 rings (SSSR count). The van der Waals surface area contributed by atoms with Crippen molar-refractivity contribution in [3.05, 3.63) is 12.2 Å². The summed E-state index contributed by atoms with van der Waals surface area (Å²) in [5, 5.41) is 20.6. The van der Waals surface area contributed by atoms with Crippen molar-refractivity contribution in [2.45, 2.75) is 24.7 Å². The molecule has 1 amide bonds. The number of ether oxygens (including phenoxy) is 1. The minimum Gasteiger partial charge on any atom is -0.481 e. The maximum absolute atomic E-state index is 11.6. The molecule has 3 N–H and O–H groups in total. The third-order valence-electron chi connectivity index (χ3n) is 2.63. The van der Waals surface area contributed by atoms with Gasteiger partial charge >= 0.3 is 5.97 Å². The van der Waals surface area contributed by atoms with E-state index in [0.29, 0.717) is 0 Å². The van der Waals surface area contributed by atoms with E-state index in [1.807, 2.05) is 0 Å². The number of nitrogens with zero attached hydrogens (tertiary/aromatic N) is 1. The van der Waals surface area contributed by atoms with E-state index in [4.69, 9.17) is 9.84 Å².